The van der Waals surface area contributed by atoms with Gasteiger partial charge in [-0.15, -0.1) is 0 Å². The molecule has 2 heterocycles. The van der Waals surface area contributed by atoms with Gasteiger partial charge < -0.3 is 19.9 Å². The average Bonchev–Trinajstić information content (AvgIpc) is 3.35. The van der Waals surface area contributed by atoms with Crippen LogP contribution in [0.15, 0.2) is 18.2 Å². The maximum atomic E-state index is 13.8. The molecule has 5 unspecified atom stereocenters. The first-order chi connectivity index (χ1) is 18.3. The molecule has 0 spiro atoms. The summed E-state index contributed by atoms with van der Waals surface area (Å²) in [6.45, 7) is 9.60. The molecule has 2 aliphatic heterocycles. The number of hydrogen-bond acceptors (Lipinski definition) is 6. The number of likely N-dealkylation sites (N-methyl/N-ethyl adjacent to an activating group) is 1. The van der Waals surface area contributed by atoms with Crippen LogP contribution in [-0.2, 0) is 14.3 Å². The van der Waals surface area contributed by atoms with E-state index in [1.807, 2.05) is 11.8 Å². The second-order valence-electron chi connectivity index (χ2n) is 11.7. The molecule has 39 heavy (non-hydrogen) atoms. The monoisotopic (exact) mass is 545 g/mol. The molecule has 3 amide bonds. The number of ether oxygens (including phenoxy) is 1. The van der Waals surface area contributed by atoms with Gasteiger partial charge in [0.25, 0.3) is 0 Å². The van der Waals surface area contributed by atoms with Crippen LogP contribution in [0.2, 0.25) is 0 Å². The molecule has 212 valence electrons. The fraction of sp³-hybridized carbons (Fsp3) is 0.643. The Morgan fingerprint density at radius 1 is 1.23 bits per heavy atom. The lowest BCUT2D eigenvalue weighted by molar-refractivity contribution is -0.138. The first-order valence-corrected chi connectivity index (χ1v) is 13.5. The zero-order valence-corrected chi connectivity index (χ0v) is 23.1. The predicted octanol–water partition coefficient (Wildman–Crippen LogP) is 3.35. The number of hydrogen-bond donors (Lipinski definition) is 1. The van der Waals surface area contributed by atoms with Crippen molar-refractivity contribution in [2.45, 2.75) is 89.7 Å². The minimum Gasteiger partial charge on any atom is -0.444 e. The van der Waals surface area contributed by atoms with E-state index in [0.717, 1.165) is 12.5 Å². The summed E-state index contributed by atoms with van der Waals surface area (Å²) in [6, 6.07) is 2.74. The molecule has 1 aromatic carbocycles. The van der Waals surface area contributed by atoms with E-state index in [0.29, 0.717) is 37.4 Å². The van der Waals surface area contributed by atoms with Crippen LogP contribution in [-0.4, -0.2) is 82.0 Å². The Morgan fingerprint density at radius 2 is 1.90 bits per heavy atom. The van der Waals surface area contributed by atoms with Crippen molar-refractivity contribution in [2.24, 2.45) is 5.92 Å². The van der Waals surface area contributed by atoms with Gasteiger partial charge in [-0.25, -0.2) is 13.6 Å². The highest BCUT2D eigenvalue weighted by molar-refractivity contribution is 5.88. The number of nitriles is 1. The maximum absolute atomic E-state index is 13.8. The van der Waals surface area contributed by atoms with Crippen LogP contribution in [0.5, 0.6) is 0 Å². The highest BCUT2D eigenvalue weighted by Crippen LogP contribution is 2.47. The molecule has 3 fully saturated rings. The first kappa shape index (κ1) is 28.7. The standard InChI is InChI=1S/C28H37F2N5O4/c1-6-33(23-7-8-34(26(23)37)16(2)17-9-19(29)13-20(30)10-17)15-22(32-27(38)39-28(3,4)5)25(36)35-21(14-31)11-18-12-24(18)35/h9-10,13,16,18,21-24H,6-8,11-12,15H2,1-5H3,(H,32,38)/t16?,18-,21?,22?,23?,24?/m1/s1. The van der Waals surface area contributed by atoms with Crippen LogP contribution in [0.4, 0.5) is 13.6 Å². The summed E-state index contributed by atoms with van der Waals surface area (Å²) in [7, 11) is 0. The maximum Gasteiger partial charge on any atom is 0.408 e. The molecule has 1 aliphatic carbocycles. The molecule has 1 N–H and O–H groups in total. The number of fused-ring (bicyclic) bond motifs is 1. The summed E-state index contributed by atoms with van der Waals surface area (Å²) in [6.07, 6.45) is 1.17. The van der Waals surface area contributed by atoms with Gasteiger partial charge >= 0.3 is 6.09 Å². The van der Waals surface area contributed by atoms with Crippen LogP contribution >= 0.6 is 0 Å². The quantitative estimate of drug-likeness (QED) is 0.537. The van der Waals surface area contributed by atoms with Crippen molar-refractivity contribution in [3.63, 3.8) is 0 Å². The lowest BCUT2D eigenvalue weighted by Gasteiger charge is -2.34. The first-order valence-electron chi connectivity index (χ1n) is 13.5. The molecule has 9 nitrogen and oxygen atoms in total. The van der Waals surface area contributed by atoms with Gasteiger partial charge in [0.05, 0.1) is 18.2 Å². The summed E-state index contributed by atoms with van der Waals surface area (Å²) < 4.78 is 33.0. The number of rotatable bonds is 8. The topological polar surface area (TPSA) is 106 Å². The fourth-order valence-electron chi connectivity index (χ4n) is 5.82. The van der Waals surface area contributed by atoms with Gasteiger partial charge in [0.15, 0.2) is 0 Å². The highest BCUT2D eigenvalue weighted by atomic mass is 19.1. The normalized spacial score (nSPS) is 25.8. The number of carbonyl (C=O) groups excluding carboxylic acids is 3. The van der Waals surface area contributed by atoms with E-state index in [9.17, 15) is 28.4 Å². The van der Waals surface area contributed by atoms with E-state index >= 15 is 0 Å². The van der Waals surface area contributed by atoms with Crippen molar-refractivity contribution in [1.29, 1.82) is 5.26 Å². The van der Waals surface area contributed by atoms with Crippen molar-refractivity contribution in [3.05, 3.63) is 35.4 Å². The number of carbonyl (C=O) groups is 3. The third-order valence-corrected chi connectivity index (χ3v) is 7.81. The molecule has 0 aromatic heterocycles. The number of nitrogens with zero attached hydrogens (tertiary/aromatic N) is 4. The Balaban J connectivity index is 1.52. The molecule has 4 rings (SSSR count). The average molecular weight is 546 g/mol. The van der Waals surface area contributed by atoms with Gasteiger partial charge in [-0.1, -0.05) is 6.92 Å². The summed E-state index contributed by atoms with van der Waals surface area (Å²) in [4.78, 5) is 45.0. The summed E-state index contributed by atoms with van der Waals surface area (Å²) in [5.41, 5.74) is -0.416. The lowest BCUT2D eigenvalue weighted by atomic mass is 10.1. The van der Waals surface area contributed by atoms with E-state index in [1.165, 1.54) is 12.1 Å². The third-order valence-electron chi connectivity index (χ3n) is 7.81. The molecule has 1 saturated carbocycles. The van der Waals surface area contributed by atoms with Gasteiger partial charge in [0.1, 0.15) is 29.3 Å². The second-order valence-corrected chi connectivity index (χ2v) is 11.7. The van der Waals surface area contributed by atoms with Gasteiger partial charge in [-0.2, -0.15) is 5.26 Å². The molecule has 2 saturated heterocycles. The number of halogens is 2. The molecule has 0 radical (unpaired) electrons. The minimum absolute atomic E-state index is 0.00344. The Kier molecular flexibility index (Phi) is 8.17. The number of amides is 3. The number of alkyl carbamates (subject to hydrolysis) is 1. The van der Waals surface area contributed by atoms with Crippen molar-refractivity contribution in [2.75, 3.05) is 19.6 Å². The Morgan fingerprint density at radius 3 is 2.49 bits per heavy atom. The Bertz CT molecular complexity index is 1150. The molecule has 3 aliphatic rings. The molecule has 11 heteroatoms. The molecular weight excluding hydrogens is 508 g/mol. The molecule has 0 bridgehead atoms. The number of likely N-dealkylation sites (tertiary alicyclic amines) is 2. The largest absolute Gasteiger partial charge is 0.444 e. The van der Waals surface area contributed by atoms with Gasteiger partial charge in [-0.3, -0.25) is 14.5 Å². The van der Waals surface area contributed by atoms with Crippen LogP contribution in [0.3, 0.4) is 0 Å². The van der Waals surface area contributed by atoms with Crippen molar-refractivity contribution in [1.82, 2.24) is 20.0 Å². The Hall–Kier alpha value is -3.26. The van der Waals surface area contributed by atoms with E-state index in [2.05, 4.69) is 11.4 Å². The number of benzene rings is 1. The summed E-state index contributed by atoms with van der Waals surface area (Å²) >= 11 is 0. The smallest absolute Gasteiger partial charge is 0.408 e. The fourth-order valence-corrected chi connectivity index (χ4v) is 5.82. The van der Waals surface area contributed by atoms with Crippen molar-refractivity contribution >= 4 is 17.9 Å². The lowest BCUT2D eigenvalue weighted by Crippen LogP contribution is -2.57. The van der Waals surface area contributed by atoms with E-state index in [4.69, 9.17) is 4.74 Å². The van der Waals surface area contributed by atoms with Gasteiger partial charge in [-0.05, 0) is 77.1 Å². The second kappa shape index (κ2) is 11.1. The van der Waals surface area contributed by atoms with E-state index in [1.54, 1.807) is 37.5 Å². The van der Waals surface area contributed by atoms with Crippen molar-refractivity contribution in [3.8, 4) is 6.07 Å². The molecule has 1 aromatic rings. The van der Waals surface area contributed by atoms with Crippen LogP contribution < -0.4 is 5.32 Å². The number of nitrogens with one attached hydrogen (secondary N) is 1. The zero-order chi connectivity index (χ0) is 28.6. The summed E-state index contributed by atoms with van der Waals surface area (Å²) in [5, 5.41) is 12.3. The van der Waals surface area contributed by atoms with Crippen LogP contribution in [0.25, 0.3) is 0 Å². The van der Waals surface area contributed by atoms with Gasteiger partial charge in [0, 0.05) is 25.2 Å². The van der Waals surface area contributed by atoms with E-state index < -0.39 is 47.5 Å². The van der Waals surface area contributed by atoms with Gasteiger partial charge in [0.2, 0.25) is 11.8 Å². The number of piperidine rings is 1. The zero-order valence-electron chi connectivity index (χ0n) is 23.1. The highest BCUT2D eigenvalue weighted by Gasteiger charge is 2.55. The summed E-state index contributed by atoms with van der Waals surface area (Å²) in [5.74, 6) is -1.68. The Labute approximate surface area is 228 Å². The van der Waals surface area contributed by atoms with Crippen molar-refractivity contribution < 1.29 is 27.9 Å². The predicted molar refractivity (Wildman–Crippen MR) is 138 cm³/mol. The molecule has 6 atom stereocenters. The minimum atomic E-state index is -1.02. The molecular formula is C28H37F2N5O4. The SMILES string of the molecule is CCN(CC(NC(=O)OC(C)(C)C)C(=O)N1C(C#N)C[C@@H]2CC21)C1CCN(C(C)c2cc(F)cc(F)c2)C1=O. The third kappa shape index (κ3) is 6.32. The van der Waals surface area contributed by atoms with Crippen LogP contribution in [0, 0.1) is 28.9 Å². The van der Waals surface area contributed by atoms with E-state index in [-0.39, 0.29) is 24.4 Å². The van der Waals surface area contributed by atoms with Crippen LogP contribution in [0.1, 0.15) is 65.5 Å².